The van der Waals surface area contributed by atoms with Crippen LogP contribution in [0, 0.1) is 17.1 Å². The first-order chi connectivity index (χ1) is 14.5. The van der Waals surface area contributed by atoms with Crippen molar-refractivity contribution in [2.75, 3.05) is 29.4 Å². The van der Waals surface area contributed by atoms with Crippen LogP contribution >= 0.6 is 0 Å². The molecule has 8 heteroatoms. The maximum Gasteiger partial charge on any atom is 0.255 e. The van der Waals surface area contributed by atoms with Crippen LogP contribution in [-0.2, 0) is 7.05 Å². The molecule has 0 spiro atoms. The summed E-state index contributed by atoms with van der Waals surface area (Å²) in [6.07, 6.45) is 2.60. The lowest BCUT2D eigenvalue weighted by atomic mass is 10.1. The van der Waals surface area contributed by atoms with Gasteiger partial charge in [-0.3, -0.25) is 14.3 Å². The minimum absolute atomic E-state index is 0.0741. The van der Waals surface area contributed by atoms with Crippen molar-refractivity contribution in [1.82, 2.24) is 14.5 Å². The summed E-state index contributed by atoms with van der Waals surface area (Å²) in [4.78, 5) is 25.3. The Labute approximate surface area is 173 Å². The Kier molecular flexibility index (Phi) is 5.19. The van der Waals surface area contributed by atoms with Gasteiger partial charge in [-0.05, 0) is 37.3 Å². The van der Waals surface area contributed by atoms with Crippen molar-refractivity contribution < 1.29 is 4.39 Å². The summed E-state index contributed by atoms with van der Waals surface area (Å²) in [7, 11) is 1.68. The molecule has 7 nitrogen and oxygen atoms in total. The van der Waals surface area contributed by atoms with Gasteiger partial charge < -0.3 is 9.80 Å². The second kappa shape index (κ2) is 7.95. The number of piperazine rings is 1. The largest absolute Gasteiger partial charge is 0.368 e. The van der Waals surface area contributed by atoms with Gasteiger partial charge in [0, 0.05) is 56.2 Å². The number of nitriles is 1. The minimum atomic E-state index is -0.511. The van der Waals surface area contributed by atoms with Crippen molar-refractivity contribution in [3.8, 4) is 17.3 Å². The van der Waals surface area contributed by atoms with Crippen LogP contribution in [0.5, 0.6) is 0 Å². The monoisotopic (exact) mass is 404 g/mol. The second-order valence-electron chi connectivity index (χ2n) is 7.34. The molecule has 2 aromatic heterocycles. The maximum atomic E-state index is 14.2. The zero-order valence-electron chi connectivity index (χ0n) is 16.8. The standard InChI is InChI=1S/C22H21FN6O/c1-15-14-28(17-5-3-16(12-24)4-6-17)9-10-29(15)22-26-20(11-21(30)27(22)2)18-7-8-25-13-19(18)23/h3-8,11,13,15H,9-10,14H2,1-2H3/t15-/m1/s1. The van der Waals surface area contributed by atoms with E-state index in [2.05, 4.69) is 32.8 Å². The highest BCUT2D eigenvalue weighted by molar-refractivity contribution is 5.61. The first-order valence-corrected chi connectivity index (χ1v) is 9.67. The summed E-state index contributed by atoms with van der Waals surface area (Å²) in [5, 5.41) is 8.98. The van der Waals surface area contributed by atoms with E-state index in [0.29, 0.717) is 23.8 Å². The molecule has 4 rings (SSSR count). The quantitative estimate of drug-likeness (QED) is 0.668. The number of rotatable bonds is 3. The van der Waals surface area contributed by atoms with Gasteiger partial charge in [0.1, 0.15) is 0 Å². The summed E-state index contributed by atoms with van der Waals surface area (Å²) >= 11 is 0. The number of hydrogen-bond donors (Lipinski definition) is 0. The molecular formula is C22H21FN6O. The van der Waals surface area contributed by atoms with Gasteiger partial charge in [0.25, 0.3) is 5.56 Å². The molecule has 0 amide bonds. The first kappa shape index (κ1) is 19.6. The first-order valence-electron chi connectivity index (χ1n) is 9.67. The van der Waals surface area contributed by atoms with E-state index in [9.17, 15) is 9.18 Å². The number of aromatic nitrogens is 3. The highest BCUT2D eigenvalue weighted by atomic mass is 19.1. The molecule has 0 N–H and O–H groups in total. The van der Waals surface area contributed by atoms with Gasteiger partial charge >= 0.3 is 0 Å². The number of anilines is 2. The molecule has 3 heterocycles. The highest BCUT2D eigenvalue weighted by Crippen LogP contribution is 2.25. The minimum Gasteiger partial charge on any atom is -0.368 e. The lowest BCUT2D eigenvalue weighted by Gasteiger charge is -2.42. The third kappa shape index (κ3) is 3.62. The van der Waals surface area contributed by atoms with E-state index < -0.39 is 5.82 Å². The van der Waals surface area contributed by atoms with E-state index in [1.54, 1.807) is 7.05 Å². The van der Waals surface area contributed by atoms with Crippen LogP contribution < -0.4 is 15.4 Å². The molecule has 1 atom stereocenters. The SMILES string of the molecule is C[C@@H]1CN(c2ccc(C#N)cc2)CCN1c1nc(-c2ccncc2F)cc(=O)n1C. The van der Waals surface area contributed by atoms with E-state index >= 15 is 0 Å². The summed E-state index contributed by atoms with van der Waals surface area (Å²) < 4.78 is 15.7. The number of halogens is 1. The van der Waals surface area contributed by atoms with Crippen LogP contribution in [0.3, 0.4) is 0 Å². The summed E-state index contributed by atoms with van der Waals surface area (Å²) in [5.74, 6) is 0.00331. The molecule has 1 saturated heterocycles. The predicted octanol–water partition coefficient (Wildman–Crippen LogP) is 2.57. The van der Waals surface area contributed by atoms with Crippen LogP contribution in [0.4, 0.5) is 16.0 Å². The Morgan fingerprint density at radius 1 is 1.20 bits per heavy atom. The van der Waals surface area contributed by atoms with Gasteiger partial charge in [0.05, 0.1) is 23.5 Å². The molecule has 3 aromatic rings. The molecule has 30 heavy (non-hydrogen) atoms. The number of benzene rings is 1. The normalized spacial score (nSPS) is 16.4. The van der Waals surface area contributed by atoms with Gasteiger partial charge in [0.15, 0.2) is 5.82 Å². The Morgan fingerprint density at radius 3 is 2.63 bits per heavy atom. The zero-order valence-corrected chi connectivity index (χ0v) is 16.8. The topological polar surface area (TPSA) is 78.1 Å². The van der Waals surface area contributed by atoms with Crippen molar-refractivity contribution in [3.63, 3.8) is 0 Å². The fourth-order valence-electron chi connectivity index (χ4n) is 3.74. The fraction of sp³-hybridized carbons (Fsp3) is 0.273. The predicted molar refractivity (Wildman–Crippen MR) is 113 cm³/mol. The Bertz CT molecular complexity index is 1170. The van der Waals surface area contributed by atoms with Crippen LogP contribution in [0.15, 0.2) is 53.6 Å². The molecule has 0 aliphatic carbocycles. The number of nitrogens with zero attached hydrogens (tertiary/aromatic N) is 6. The molecule has 0 unspecified atom stereocenters. The zero-order chi connectivity index (χ0) is 21.3. The lowest BCUT2D eigenvalue weighted by Crippen LogP contribution is -2.53. The number of pyridine rings is 1. The van der Waals surface area contributed by atoms with Crippen molar-refractivity contribution in [3.05, 3.63) is 70.5 Å². The summed E-state index contributed by atoms with van der Waals surface area (Å²) in [5.41, 5.74) is 2.00. The van der Waals surface area contributed by atoms with Crippen molar-refractivity contribution in [1.29, 1.82) is 5.26 Å². The molecule has 0 bridgehead atoms. The highest BCUT2D eigenvalue weighted by Gasteiger charge is 2.27. The van der Waals surface area contributed by atoms with E-state index in [0.717, 1.165) is 25.0 Å². The van der Waals surface area contributed by atoms with Crippen LogP contribution in [0.2, 0.25) is 0 Å². The Balaban J connectivity index is 1.62. The summed E-state index contributed by atoms with van der Waals surface area (Å²) in [6.45, 7) is 4.20. The average molecular weight is 404 g/mol. The van der Waals surface area contributed by atoms with Crippen LogP contribution in [0.1, 0.15) is 12.5 Å². The molecular weight excluding hydrogens is 383 g/mol. The summed E-state index contributed by atoms with van der Waals surface area (Å²) in [6, 6.07) is 12.6. The van der Waals surface area contributed by atoms with Crippen molar-refractivity contribution in [2.24, 2.45) is 7.05 Å². The van der Waals surface area contributed by atoms with Crippen LogP contribution in [-0.4, -0.2) is 40.2 Å². The molecule has 0 radical (unpaired) electrons. The Hall–Kier alpha value is -3.73. The van der Waals surface area contributed by atoms with E-state index in [4.69, 9.17) is 5.26 Å². The van der Waals surface area contributed by atoms with E-state index in [1.165, 1.54) is 22.9 Å². The van der Waals surface area contributed by atoms with Crippen LogP contribution in [0.25, 0.3) is 11.3 Å². The Morgan fingerprint density at radius 2 is 1.97 bits per heavy atom. The molecule has 1 aliphatic heterocycles. The van der Waals surface area contributed by atoms with Gasteiger partial charge in [-0.25, -0.2) is 9.37 Å². The smallest absolute Gasteiger partial charge is 0.255 e. The van der Waals surface area contributed by atoms with E-state index in [-0.39, 0.29) is 17.2 Å². The van der Waals surface area contributed by atoms with Gasteiger partial charge in [-0.1, -0.05) is 0 Å². The van der Waals surface area contributed by atoms with Crippen molar-refractivity contribution >= 4 is 11.6 Å². The van der Waals surface area contributed by atoms with Gasteiger partial charge in [0.2, 0.25) is 5.95 Å². The molecule has 1 aliphatic rings. The maximum absolute atomic E-state index is 14.2. The third-order valence-electron chi connectivity index (χ3n) is 5.41. The van der Waals surface area contributed by atoms with Gasteiger partial charge in [-0.15, -0.1) is 0 Å². The van der Waals surface area contributed by atoms with E-state index in [1.807, 2.05) is 24.3 Å². The molecule has 152 valence electrons. The molecule has 1 fully saturated rings. The molecule has 0 saturated carbocycles. The second-order valence-corrected chi connectivity index (χ2v) is 7.34. The lowest BCUT2D eigenvalue weighted by molar-refractivity contribution is 0.529. The number of hydrogen-bond acceptors (Lipinski definition) is 6. The van der Waals surface area contributed by atoms with Gasteiger partial charge in [-0.2, -0.15) is 5.26 Å². The van der Waals surface area contributed by atoms with Crippen molar-refractivity contribution in [2.45, 2.75) is 13.0 Å². The third-order valence-corrected chi connectivity index (χ3v) is 5.41. The average Bonchev–Trinajstić information content (AvgIpc) is 2.76. The fourth-order valence-corrected chi connectivity index (χ4v) is 3.74. The molecule has 1 aromatic carbocycles.